The van der Waals surface area contributed by atoms with E-state index in [9.17, 15) is 0 Å². The fraction of sp³-hybridized carbons (Fsp3) is 1.00. The molecule has 0 aromatic heterocycles. The summed E-state index contributed by atoms with van der Waals surface area (Å²) in [6.07, 6.45) is 0. The first-order valence-electron chi connectivity index (χ1n) is 3.92. The predicted molar refractivity (Wildman–Crippen MR) is 42.1 cm³/mol. The molecule has 1 saturated heterocycles. The maximum atomic E-state index is 5.16. The number of nitrogens with zero attached hydrogens (tertiary/aromatic N) is 1. The largest absolute Gasteiger partial charge is 0.380 e. The van der Waals surface area contributed by atoms with E-state index in [1.54, 1.807) is 0 Å². The van der Waals surface area contributed by atoms with E-state index >= 15 is 0 Å². The van der Waals surface area contributed by atoms with Crippen LogP contribution in [0.4, 0.5) is 0 Å². The quantitative estimate of drug-likeness (QED) is 0.584. The van der Waals surface area contributed by atoms with E-state index in [4.69, 9.17) is 4.74 Å². The van der Waals surface area contributed by atoms with Crippen LogP contribution in [-0.2, 0) is 4.74 Å². The second kappa shape index (κ2) is 2.89. The average molecular weight is 143 g/mol. The second-order valence-electron chi connectivity index (χ2n) is 3.63. The minimum absolute atomic E-state index is 0.449. The Hall–Kier alpha value is -0.0800. The van der Waals surface area contributed by atoms with Crippen molar-refractivity contribution in [3.05, 3.63) is 0 Å². The number of ether oxygens (including phenoxy) is 1. The fourth-order valence-electron chi connectivity index (χ4n) is 1.31. The third kappa shape index (κ3) is 1.70. The molecule has 0 unspecified atom stereocenters. The van der Waals surface area contributed by atoms with Crippen molar-refractivity contribution in [2.24, 2.45) is 5.41 Å². The molecular weight excluding hydrogens is 126 g/mol. The molecule has 0 aromatic rings. The zero-order chi connectivity index (χ0) is 7.61. The lowest BCUT2D eigenvalue weighted by Crippen LogP contribution is -2.47. The summed E-state index contributed by atoms with van der Waals surface area (Å²) in [6.45, 7) is 8.65. The van der Waals surface area contributed by atoms with Crippen molar-refractivity contribution >= 4 is 0 Å². The molecule has 1 aliphatic rings. The first-order chi connectivity index (χ1) is 4.66. The molecule has 0 radical (unpaired) electrons. The fourth-order valence-corrected chi connectivity index (χ4v) is 1.31. The Labute approximate surface area is 63.2 Å². The van der Waals surface area contributed by atoms with Gasteiger partial charge in [-0.05, 0) is 13.6 Å². The molecule has 60 valence electrons. The zero-order valence-electron chi connectivity index (χ0n) is 7.18. The van der Waals surface area contributed by atoms with Crippen LogP contribution in [0.1, 0.15) is 13.8 Å². The first-order valence-corrected chi connectivity index (χ1v) is 3.92. The van der Waals surface area contributed by atoms with Gasteiger partial charge in [-0.25, -0.2) is 0 Å². The van der Waals surface area contributed by atoms with Crippen LogP contribution in [0.15, 0.2) is 0 Å². The van der Waals surface area contributed by atoms with Gasteiger partial charge in [0.2, 0.25) is 0 Å². The maximum Gasteiger partial charge on any atom is 0.0554 e. The van der Waals surface area contributed by atoms with E-state index in [-0.39, 0.29) is 0 Å². The van der Waals surface area contributed by atoms with E-state index in [0.29, 0.717) is 5.41 Å². The zero-order valence-corrected chi connectivity index (χ0v) is 7.18. The van der Waals surface area contributed by atoms with E-state index in [0.717, 1.165) is 19.8 Å². The summed E-state index contributed by atoms with van der Waals surface area (Å²) in [5.74, 6) is 0. The molecule has 0 saturated carbocycles. The lowest BCUT2D eigenvalue weighted by molar-refractivity contribution is -0.112. The van der Waals surface area contributed by atoms with Gasteiger partial charge in [0.1, 0.15) is 0 Å². The van der Waals surface area contributed by atoms with Crippen LogP contribution in [-0.4, -0.2) is 38.3 Å². The van der Waals surface area contributed by atoms with E-state index in [1.807, 2.05) is 0 Å². The SMILES string of the molecule is CCN(C)CC1(C)COC1. The predicted octanol–water partition coefficient (Wildman–Crippen LogP) is 0.975. The summed E-state index contributed by atoms with van der Waals surface area (Å²) in [5, 5.41) is 0. The van der Waals surface area contributed by atoms with Crippen LogP contribution in [0.5, 0.6) is 0 Å². The standard InChI is InChI=1S/C8H17NO/c1-4-9(3)5-8(2)6-10-7-8/h4-7H2,1-3H3. The minimum atomic E-state index is 0.449. The van der Waals surface area contributed by atoms with Gasteiger partial charge >= 0.3 is 0 Å². The summed E-state index contributed by atoms with van der Waals surface area (Å²) < 4.78 is 5.16. The van der Waals surface area contributed by atoms with E-state index in [1.165, 1.54) is 6.54 Å². The van der Waals surface area contributed by atoms with Crippen LogP contribution >= 0.6 is 0 Å². The van der Waals surface area contributed by atoms with Gasteiger partial charge in [-0.2, -0.15) is 0 Å². The van der Waals surface area contributed by atoms with Crippen molar-refractivity contribution in [2.75, 3.05) is 33.4 Å². The first kappa shape index (κ1) is 8.02. The van der Waals surface area contributed by atoms with Gasteiger partial charge in [-0.1, -0.05) is 13.8 Å². The third-order valence-electron chi connectivity index (χ3n) is 2.09. The highest BCUT2D eigenvalue weighted by Gasteiger charge is 2.33. The molecule has 0 spiro atoms. The molecule has 0 amide bonds. The van der Waals surface area contributed by atoms with Gasteiger partial charge in [0, 0.05) is 12.0 Å². The Morgan fingerprint density at radius 1 is 1.50 bits per heavy atom. The highest BCUT2D eigenvalue weighted by Crippen LogP contribution is 2.26. The third-order valence-corrected chi connectivity index (χ3v) is 2.09. The highest BCUT2D eigenvalue weighted by atomic mass is 16.5. The van der Waals surface area contributed by atoms with Crippen molar-refractivity contribution in [2.45, 2.75) is 13.8 Å². The molecule has 2 heteroatoms. The maximum absolute atomic E-state index is 5.16. The normalized spacial score (nSPS) is 22.8. The van der Waals surface area contributed by atoms with Crippen LogP contribution in [0.2, 0.25) is 0 Å². The van der Waals surface area contributed by atoms with Gasteiger partial charge in [0.05, 0.1) is 13.2 Å². The van der Waals surface area contributed by atoms with E-state index in [2.05, 4.69) is 25.8 Å². The van der Waals surface area contributed by atoms with Crippen LogP contribution in [0.25, 0.3) is 0 Å². The Morgan fingerprint density at radius 3 is 2.40 bits per heavy atom. The monoisotopic (exact) mass is 143 g/mol. The van der Waals surface area contributed by atoms with Gasteiger partial charge < -0.3 is 9.64 Å². The van der Waals surface area contributed by atoms with Crippen molar-refractivity contribution in [3.8, 4) is 0 Å². The summed E-state index contributed by atoms with van der Waals surface area (Å²) in [5.41, 5.74) is 0.449. The summed E-state index contributed by atoms with van der Waals surface area (Å²) in [6, 6.07) is 0. The highest BCUT2D eigenvalue weighted by molar-refractivity contribution is 4.82. The van der Waals surface area contributed by atoms with Crippen molar-refractivity contribution < 1.29 is 4.74 Å². The van der Waals surface area contributed by atoms with Gasteiger partial charge in [-0.15, -0.1) is 0 Å². The lowest BCUT2D eigenvalue weighted by atomic mass is 9.88. The molecule has 1 rings (SSSR count). The molecule has 1 heterocycles. The molecular formula is C8H17NO. The molecule has 0 N–H and O–H groups in total. The molecule has 0 aliphatic carbocycles. The smallest absolute Gasteiger partial charge is 0.0554 e. The molecule has 1 aliphatic heterocycles. The molecule has 10 heavy (non-hydrogen) atoms. The molecule has 2 nitrogen and oxygen atoms in total. The van der Waals surface area contributed by atoms with Crippen LogP contribution in [0.3, 0.4) is 0 Å². The van der Waals surface area contributed by atoms with Crippen LogP contribution in [0, 0.1) is 5.41 Å². The average Bonchev–Trinajstić information content (AvgIpc) is 1.84. The molecule has 0 aromatic carbocycles. The van der Waals surface area contributed by atoms with Gasteiger partial charge in [0.15, 0.2) is 0 Å². The molecule has 1 fully saturated rings. The summed E-state index contributed by atoms with van der Waals surface area (Å²) >= 11 is 0. The number of hydrogen-bond donors (Lipinski definition) is 0. The van der Waals surface area contributed by atoms with Crippen molar-refractivity contribution in [1.29, 1.82) is 0 Å². The van der Waals surface area contributed by atoms with Crippen molar-refractivity contribution in [3.63, 3.8) is 0 Å². The number of rotatable bonds is 3. The Bertz CT molecular complexity index is 110. The van der Waals surface area contributed by atoms with Crippen molar-refractivity contribution in [1.82, 2.24) is 4.90 Å². The Kier molecular flexibility index (Phi) is 2.32. The van der Waals surface area contributed by atoms with Gasteiger partial charge in [0.25, 0.3) is 0 Å². The molecule has 0 atom stereocenters. The topological polar surface area (TPSA) is 12.5 Å². The van der Waals surface area contributed by atoms with Gasteiger partial charge in [-0.3, -0.25) is 0 Å². The Balaban J connectivity index is 2.22. The molecule has 0 bridgehead atoms. The lowest BCUT2D eigenvalue weighted by Gasteiger charge is -2.40. The number of hydrogen-bond acceptors (Lipinski definition) is 2. The summed E-state index contributed by atoms with van der Waals surface area (Å²) in [4.78, 5) is 2.34. The second-order valence-corrected chi connectivity index (χ2v) is 3.63. The Morgan fingerprint density at radius 2 is 2.10 bits per heavy atom. The minimum Gasteiger partial charge on any atom is -0.380 e. The van der Waals surface area contributed by atoms with E-state index < -0.39 is 0 Å². The summed E-state index contributed by atoms with van der Waals surface area (Å²) in [7, 11) is 2.16. The van der Waals surface area contributed by atoms with Crippen LogP contribution < -0.4 is 0 Å².